The van der Waals surface area contributed by atoms with Gasteiger partial charge in [0, 0.05) is 72.9 Å². The van der Waals surface area contributed by atoms with Gasteiger partial charge in [0.25, 0.3) is 30.4 Å². The number of azo groups is 3. The van der Waals surface area contributed by atoms with Crippen molar-refractivity contribution in [2.45, 2.75) is 19.6 Å². The summed E-state index contributed by atoms with van der Waals surface area (Å²) in [5.41, 5.74) is 8.02. The van der Waals surface area contributed by atoms with Crippen LogP contribution in [0.1, 0.15) is 0 Å². The zero-order chi connectivity index (χ0) is 44.8. The molecule has 0 atom stereocenters. The zero-order valence-electron chi connectivity index (χ0n) is 30.3. The number of phenolic OH excluding ortho intramolecular Hbond substituents is 4. The number of rotatable bonds is 12. The fourth-order valence-corrected chi connectivity index (χ4v) is 8.41. The smallest absolute Gasteiger partial charge is 0.297 e. The van der Waals surface area contributed by atoms with E-state index in [9.17, 15) is 64.5 Å². The average Bonchev–Trinajstić information content (AvgIpc) is 3.15. The SMILES string of the molecule is Nc1ccc2c(O)c(N=Nc3ccc(N=[N+]([O-])c4ccc(N=Nc5c(S(=O)(=O)O)cc6c(S(=O)(=O)O)c(N)ccc6c5O)c(O)c4)cc3O)c(SOOO)cc2c1S(=O)(=O)O.[Cu].[Cu]. The molecule has 0 aromatic heterocycles. The molecule has 0 heterocycles. The second kappa shape index (κ2) is 18.9. The summed E-state index contributed by atoms with van der Waals surface area (Å²) in [6.45, 7) is 0. The van der Waals surface area contributed by atoms with Gasteiger partial charge >= 0.3 is 0 Å². The molecule has 2 radical (unpaired) electrons. The Morgan fingerprint density at radius 2 is 1.10 bits per heavy atom. The van der Waals surface area contributed by atoms with Crippen LogP contribution in [0.15, 0.2) is 118 Å². The van der Waals surface area contributed by atoms with Crippen LogP contribution in [0.25, 0.3) is 21.5 Å². The molecule has 6 aromatic rings. The Labute approximate surface area is 377 Å². The Hall–Kier alpha value is -5.76. The standard InChI is InChI=1S/C32H24N8O17S4.2Cu/c33-19-5-3-15-17(31(19)60(50,51)52)11-25(58-57-56-46)27(29(15)43)37-35-21-7-1-13(9-23(21)41)39-40(45)14-2-8-22(24(42)10-14)36-38-28-26(59(47,48)49)12-18-16(30(28)44)4-6-20(34)32(18)61(53,54)55;;/h1-12,41-44,46H,33-34H2,(H,47,48,49)(H,50,51,52)(H,53,54,55);;. The Bertz CT molecular complexity index is 3270. The zero-order valence-corrected chi connectivity index (χ0v) is 35.4. The quantitative estimate of drug-likeness (QED) is 0.00870. The predicted octanol–water partition coefficient (Wildman–Crippen LogP) is 6.90. The van der Waals surface area contributed by atoms with E-state index in [0.29, 0.717) is 6.07 Å². The van der Waals surface area contributed by atoms with E-state index in [0.717, 1.165) is 54.6 Å². The van der Waals surface area contributed by atoms with E-state index < -0.39 is 96.2 Å². The summed E-state index contributed by atoms with van der Waals surface area (Å²) in [5, 5.41) is 85.6. The number of nitrogens with zero attached hydrogens (tertiary/aromatic N) is 6. The molecule has 0 saturated heterocycles. The van der Waals surface area contributed by atoms with Gasteiger partial charge in [-0.25, -0.2) is 5.26 Å². The number of fused-ring (bicyclic) bond motifs is 2. The fourth-order valence-electron chi connectivity index (χ4n) is 5.65. The van der Waals surface area contributed by atoms with Crippen molar-refractivity contribution in [3.8, 4) is 23.0 Å². The Morgan fingerprint density at radius 1 is 0.603 bits per heavy atom. The molecule has 0 aliphatic heterocycles. The van der Waals surface area contributed by atoms with Crippen molar-refractivity contribution in [1.29, 1.82) is 0 Å². The van der Waals surface area contributed by atoms with Crippen LogP contribution in [0.2, 0.25) is 0 Å². The molecule has 0 aliphatic rings. The summed E-state index contributed by atoms with van der Waals surface area (Å²) in [5.74, 6) is -3.07. The average molecular weight is 1050 g/mol. The van der Waals surface area contributed by atoms with E-state index in [1.807, 2.05) is 0 Å². The topological polar surface area (TPSA) is 423 Å². The Morgan fingerprint density at radius 3 is 1.59 bits per heavy atom. The third-order valence-corrected chi connectivity index (χ3v) is 11.7. The predicted molar refractivity (Wildman–Crippen MR) is 210 cm³/mol. The number of aromatic hydroxyl groups is 4. The van der Waals surface area contributed by atoms with Crippen LogP contribution in [-0.2, 0) is 73.9 Å². The Balaban J connectivity index is 0.00000436. The van der Waals surface area contributed by atoms with Crippen molar-refractivity contribution in [2.75, 3.05) is 11.5 Å². The molecular formula is C32H24Cu2N8O17S4. The third kappa shape index (κ3) is 10.4. The van der Waals surface area contributed by atoms with Gasteiger partial charge in [0.1, 0.15) is 54.6 Å². The molecule has 0 aliphatic carbocycles. The van der Waals surface area contributed by atoms with Crippen molar-refractivity contribution >= 4 is 109 Å². The molecule has 63 heavy (non-hydrogen) atoms. The maximum Gasteiger partial charge on any atom is 0.297 e. The van der Waals surface area contributed by atoms with Gasteiger partial charge < -0.3 is 37.1 Å². The molecule has 0 spiro atoms. The number of nitrogen functional groups attached to an aromatic ring is 2. The number of phenols is 4. The van der Waals surface area contributed by atoms with Crippen LogP contribution < -0.4 is 11.5 Å². The number of anilines is 2. The Kier molecular flexibility index (Phi) is 15.0. The van der Waals surface area contributed by atoms with Gasteiger partial charge in [0.05, 0.1) is 34.4 Å². The molecule has 340 valence electrons. The second-order valence-electron chi connectivity index (χ2n) is 12.1. The van der Waals surface area contributed by atoms with E-state index >= 15 is 0 Å². The minimum Gasteiger partial charge on any atom is -0.594 e. The van der Waals surface area contributed by atoms with E-state index in [1.54, 1.807) is 0 Å². The van der Waals surface area contributed by atoms with Crippen LogP contribution in [0.4, 0.5) is 45.5 Å². The summed E-state index contributed by atoms with van der Waals surface area (Å²) in [7, 11) is -15.3. The molecule has 0 fully saturated rings. The number of nitrogens with two attached hydrogens (primary N) is 2. The van der Waals surface area contributed by atoms with E-state index in [2.05, 4.69) is 34.9 Å². The largest absolute Gasteiger partial charge is 0.594 e. The van der Waals surface area contributed by atoms with E-state index in [-0.39, 0.29) is 94.8 Å². The van der Waals surface area contributed by atoms with Gasteiger partial charge in [0.15, 0.2) is 11.5 Å². The van der Waals surface area contributed by atoms with Crippen molar-refractivity contribution in [1.82, 2.24) is 0 Å². The minimum absolute atomic E-state index is 0. The normalized spacial score (nSPS) is 12.5. The molecule has 0 saturated carbocycles. The van der Waals surface area contributed by atoms with Gasteiger partial charge in [-0.15, -0.1) is 24.8 Å². The molecule has 0 bridgehead atoms. The van der Waals surface area contributed by atoms with Crippen LogP contribution in [-0.4, -0.2) is 69.5 Å². The number of hydrogen-bond donors (Lipinski definition) is 10. The first-order valence-electron chi connectivity index (χ1n) is 15.9. The molecule has 25 nitrogen and oxygen atoms in total. The van der Waals surface area contributed by atoms with Gasteiger partial charge in [-0.05, 0) is 59.5 Å². The maximum absolute atomic E-state index is 12.9. The molecule has 0 amide bonds. The number of benzene rings is 6. The first-order valence-corrected chi connectivity index (χ1v) is 21.0. The van der Waals surface area contributed by atoms with Gasteiger partial charge in [-0.2, -0.15) is 25.3 Å². The third-order valence-electron chi connectivity index (χ3n) is 8.24. The second-order valence-corrected chi connectivity index (χ2v) is 16.9. The molecule has 0 unspecified atom stereocenters. The van der Waals surface area contributed by atoms with Gasteiger partial charge in [0.2, 0.25) is 5.69 Å². The summed E-state index contributed by atoms with van der Waals surface area (Å²) < 4.78 is 106. The summed E-state index contributed by atoms with van der Waals surface area (Å²) in [6, 6.07) is 12.3. The van der Waals surface area contributed by atoms with Crippen LogP contribution in [0.5, 0.6) is 23.0 Å². The first kappa shape index (κ1) is 49.9. The van der Waals surface area contributed by atoms with Crippen LogP contribution in [0.3, 0.4) is 0 Å². The molecule has 31 heteroatoms. The summed E-state index contributed by atoms with van der Waals surface area (Å²) >= 11 is 0.236. The summed E-state index contributed by atoms with van der Waals surface area (Å²) in [4.78, 5) is -3.08. The van der Waals surface area contributed by atoms with E-state index in [1.165, 1.54) is 12.1 Å². The summed E-state index contributed by atoms with van der Waals surface area (Å²) in [6.07, 6.45) is 0. The molecular weight excluding hydrogens is 1020 g/mol. The molecule has 12 N–H and O–H groups in total. The minimum atomic E-state index is -5.26. The van der Waals surface area contributed by atoms with Gasteiger partial charge in [-0.1, -0.05) is 5.04 Å². The van der Waals surface area contributed by atoms with Crippen LogP contribution >= 0.6 is 12.0 Å². The molecule has 6 aromatic carbocycles. The van der Waals surface area contributed by atoms with Crippen molar-refractivity contribution in [3.63, 3.8) is 0 Å². The van der Waals surface area contributed by atoms with Gasteiger partial charge in [-0.3, -0.25) is 13.7 Å². The van der Waals surface area contributed by atoms with Crippen molar-refractivity contribution < 1.29 is 113 Å². The van der Waals surface area contributed by atoms with Crippen LogP contribution in [0, 0.1) is 5.21 Å². The maximum atomic E-state index is 12.9. The van der Waals surface area contributed by atoms with Crippen molar-refractivity contribution in [3.05, 3.63) is 78.0 Å². The monoisotopic (exact) mass is 1050 g/mol. The molecule has 6 rings (SSSR count). The fraction of sp³-hybridized carbons (Fsp3) is 0. The first-order chi connectivity index (χ1) is 28.5. The van der Waals surface area contributed by atoms with E-state index in [4.69, 9.17) is 16.7 Å². The van der Waals surface area contributed by atoms with Crippen molar-refractivity contribution in [2.24, 2.45) is 25.6 Å². The number of hydrogen-bond acceptors (Lipinski definition) is 22.